The number of nitrogens with one attached hydrogen (secondary N) is 1. The first-order valence-electron chi connectivity index (χ1n) is 6.44. The summed E-state index contributed by atoms with van der Waals surface area (Å²) in [5, 5.41) is 9.12. The molecule has 0 radical (unpaired) electrons. The Labute approximate surface area is 109 Å². The number of aromatic amines is 1. The lowest BCUT2D eigenvalue weighted by Gasteiger charge is -2.32. The third-order valence-corrected chi connectivity index (χ3v) is 3.54. The topological polar surface area (TPSA) is 93.0 Å². The largest absolute Gasteiger partial charge is 0.396 e. The van der Waals surface area contributed by atoms with Crippen LogP contribution in [0.25, 0.3) is 11.2 Å². The number of rotatable bonds is 3. The zero-order valence-corrected chi connectivity index (χ0v) is 10.5. The second-order valence-electron chi connectivity index (χ2n) is 4.69. The summed E-state index contributed by atoms with van der Waals surface area (Å²) in [6.07, 6.45) is 5.43. The minimum Gasteiger partial charge on any atom is -0.396 e. The van der Waals surface area contributed by atoms with Crippen LogP contribution in [0, 0.1) is 0 Å². The van der Waals surface area contributed by atoms with Crippen molar-refractivity contribution in [2.45, 2.75) is 31.4 Å². The minimum absolute atomic E-state index is 0.0581. The summed E-state index contributed by atoms with van der Waals surface area (Å²) < 4.78 is 7.60. The first kappa shape index (κ1) is 12.3. The molecule has 2 aromatic heterocycles. The number of aliphatic hydroxyl groups excluding tert-OH is 1. The van der Waals surface area contributed by atoms with Gasteiger partial charge >= 0.3 is 0 Å². The lowest BCUT2D eigenvalue weighted by atomic mass is 10.00. The fraction of sp³-hybridized carbons (Fsp3) is 0.583. The van der Waals surface area contributed by atoms with Crippen LogP contribution in [0.1, 0.15) is 25.3 Å². The molecule has 0 bridgehead atoms. The highest BCUT2D eigenvalue weighted by atomic mass is 16.5. The van der Waals surface area contributed by atoms with Gasteiger partial charge < -0.3 is 19.4 Å². The number of ether oxygens (including phenoxy) is 1. The number of hydrogen-bond acceptors (Lipinski definition) is 5. The molecule has 1 saturated heterocycles. The summed E-state index contributed by atoms with van der Waals surface area (Å²) in [6.45, 7) is 0.795. The Hall–Kier alpha value is -1.73. The molecule has 1 aliphatic heterocycles. The Kier molecular flexibility index (Phi) is 3.31. The molecule has 3 heterocycles. The van der Waals surface area contributed by atoms with Crippen LogP contribution in [-0.2, 0) is 4.74 Å². The van der Waals surface area contributed by atoms with Crippen molar-refractivity contribution >= 4 is 11.2 Å². The highest BCUT2D eigenvalue weighted by molar-refractivity contribution is 5.68. The van der Waals surface area contributed by atoms with Crippen LogP contribution in [-0.4, -0.2) is 43.9 Å². The maximum absolute atomic E-state index is 11.6. The maximum Gasteiger partial charge on any atom is 0.278 e. The number of imidazole rings is 1. The van der Waals surface area contributed by atoms with E-state index in [2.05, 4.69) is 15.0 Å². The van der Waals surface area contributed by atoms with Gasteiger partial charge in [0.2, 0.25) is 0 Å². The van der Waals surface area contributed by atoms with Crippen LogP contribution in [0.5, 0.6) is 0 Å². The van der Waals surface area contributed by atoms with Crippen molar-refractivity contribution in [2.24, 2.45) is 0 Å². The second-order valence-corrected chi connectivity index (χ2v) is 4.69. The number of hydrogen-bond donors (Lipinski definition) is 2. The highest BCUT2D eigenvalue weighted by Gasteiger charge is 2.28. The van der Waals surface area contributed by atoms with Gasteiger partial charge in [-0.1, -0.05) is 0 Å². The Morgan fingerprint density at radius 2 is 2.42 bits per heavy atom. The van der Waals surface area contributed by atoms with Gasteiger partial charge in [-0.15, -0.1) is 0 Å². The normalized spacial score (nSPS) is 23.8. The number of aliphatic hydroxyl groups is 1. The molecular weight excluding hydrogens is 248 g/mol. The van der Waals surface area contributed by atoms with Gasteiger partial charge in [-0.3, -0.25) is 4.79 Å². The summed E-state index contributed by atoms with van der Waals surface area (Å²) in [6, 6.07) is 0.0696. The van der Waals surface area contributed by atoms with Gasteiger partial charge in [-0.25, -0.2) is 9.97 Å². The fourth-order valence-corrected chi connectivity index (χ4v) is 2.65. The third-order valence-electron chi connectivity index (χ3n) is 3.54. The minimum atomic E-state index is -0.237. The van der Waals surface area contributed by atoms with Crippen molar-refractivity contribution < 1.29 is 9.84 Å². The van der Waals surface area contributed by atoms with Crippen LogP contribution < -0.4 is 5.56 Å². The van der Waals surface area contributed by atoms with E-state index in [9.17, 15) is 4.79 Å². The maximum atomic E-state index is 11.6. The molecule has 1 fully saturated rings. The van der Waals surface area contributed by atoms with E-state index in [0.717, 1.165) is 12.8 Å². The van der Waals surface area contributed by atoms with Crippen molar-refractivity contribution in [3.05, 3.63) is 23.0 Å². The monoisotopic (exact) mass is 264 g/mol. The molecule has 0 aliphatic carbocycles. The summed E-state index contributed by atoms with van der Waals surface area (Å²) in [4.78, 5) is 22.5. The summed E-state index contributed by atoms with van der Waals surface area (Å²) >= 11 is 0. The Morgan fingerprint density at radius 1 is 1.53 bits per heavy atom. The van der Waals surface area contributed by atoms with Crippen molar-refractivity contribution in [1.82, 2.24) is 19.5 Å². The van der Waals surface area contributed by atoms with Gasteiger partial charge in [0, 0.05) is 13.2 Å². The van der Waals surface area contributed by atoms with Gasteiger partial charge in [-0.05, 0) is 19.3 Å². The number of fused-ring (bicyclic) bond motifs is 1. The molecule has 19 heavy (non-hydrogen) atoms. The Morgan fingerprint density at radius 3 is 3.26 bits per heavy atom. The zero-order chi connectivity index (χ0) is 13.2. The summed E-state index contributed by atoms with van der Waals surface area (Å²) in [7, 11) is 0. The summed E-state index contributed by atoms with van der Waals surface area (Å²) in [5.74, 6) is 0. The van der Waals surface area contributed by atoms with Crippen LogP contribution in [0.15, 0.2) is 17.4 Å². The summed E-state index contributed by atoms with van der Waals surface area (Å²) in [5.41, 5.74) is 0.678. The van der Waals surface area contributed by atoms with E-state index in [1.165, 1.54) is 6.33 Å². The van der Waals surface area contributed by atoms with Crippen LogP contribution in [0.4, 0.5) is 0 Å². The van der Waals surface area contributed by atoms with Crippen molar-refractivity contribution in [3.63, 3.8) is 0 Å². The predicted molar refractivity (Wildman–Crippen MR) is 67.9 cm³/mol. The van der Waals surface area contributed by atoms with Crippen molar-refractivity contribution in [3.8, 4) is 0 Å². The van der Waals surface area contributed by atoms with Gasteiger partial charge in [0.25, 0.3) is 5.56 Å². The van der Waals surface area contributed by atoms with Crippen LogP contribution in [0.2, 0.25) is 0 Å². The third kappa shape index (κ3) is 2.15. The molecule has 7 nitrogen and oxygen atoms in total. The average Bonchev–Trinajstić information content (AvgIpc) is 2.85. The number of aromatic nitrogens is 4. The van der Waals surface area contributed by atoms with E-state index in [0.29, 0.717) is 24.2 Å². The van der Waals surface area contributed by atoms with Gasteiger partial charge in [0.1, 0.15) is 0 Å². The number of H-pyrrole nitrogens is 1. The first-order chi connectivity index (χ1) is 9.31. The standard InChI is InChI=1S/C12H16N4O3/c17-4-3-9-8(2-1-5-19-9)16-7-15-10-11(16)13-6-14-12(10)18/h6-9,17H,1-5H2,(H,13,14,18)/t8-,9-/m0/s1. The van der Waals surface area contributed by atoms with Gasteiger partial charge in [-0.2, -0.15) is 0 Å². The van der Waals surface area contributed by atoms with E-state index in [1.807, 2.05) is 4.57 Å². The molecule has 0 saturated carbocycles. The zero-order valence-electron chi connectivity index (χ0n) is 10.5. The molecule has 0 spiro atoms. The van der Waals surface area contributed by atoms with E-state index in [-0.39, 0.29) is 24.3 Å². The Bertz CT molecular complexity index is 619. The fourth-order valence-electron chi connectivity index (χ4n) is 2.65. The molecule has 2 N–H and O–H groups in total. The predicted octanol–water partition coefficient (Wildman–Crippen LogP) is 0.222. The molecular formula is C12H16N4O3. The van der Waals surface area contributed by atoms with E-state index in [4.69, 9.17) is 9.84 Å². The Balaban J connectivity index is 2.02. The molecule has 2 atom stereocenters. The molecule has 1 aliphatic rings. The molecule has 0 amide bonds. The quantitative estimate of drug-likeness (QED) is 0.827. The second kappa shape index (κ2) is 5.10. The van der Waals surface area contributed by atoms with E-state index in [1.54, 1.807) is 6.33 Å². The molecule has 2 aromatic rings. The molecule has 3 rings (SSSR count). The lowest BCUT2D eigenvalue weighted by molar-refractivity contribution is -0.0317. The van der Waals surface area contributed by atoms with Crippen LogP contribution in [0.3, 0.4) is 0 Å². The van der Waals surface area contributed by atoms with Crippen molar-refractivity contribution in [2.75, 3.05) is 13.2 Å². The molecule has 7 heteroatoms. The average molecular weight is 264 g/mol. The van der Waals surface area contributed by atoms with Gasteiger partial charge in [0.05, 0.1) is 24.8 Å². The first-order valence-corrected chi connectivity index (χ1v) is 6.44. The highest BCUT2D eigenvalue weighted by Crippen LogP contribution is 2.29. The lowest BCUT2D eigenvalue weighted by Crippen LogP contribution is -2.32. The van der Waals surface area contributed by atoms with Crippen LogP contribution >= 0.6 is 0 Å². The molecule has 0 aromatic carbocycles. The smallest absolute Gasteiger partial charge is 0.278 e. The SMILES string of the molecule is O=c1[nH]cnc2c1ncn2[C@H]1CCCO[C@H]1CCO. The van der Waals surface area contributed by atoms with Gasteiger partial charge in [0.15, 0.2) is 11.2 Å². The van der Waals surface area contributed by atoms with Crippen molar-refractivity contribution in [1.29, 1.82) is 0 Å². The van der Waals surface area contributed by atoms with E-state index < -0.39 is 0 Å². The number of nitrogens with zero attached hydrogens (tertiary/aromatic N) is 3. The van der Waals surface area contributed by atoms with E-state index >= 15 is 0 Å². The molecule has 102 valence electrons. The molecule has 0 unspecified atom stereocenters.